The predicted octanol–water partition coefficient (Wildman–Crippen LogP) is 2.39. The van der Waals surface area contributed by atoms with Gasteiger partial charge in [0.2, 0.25) is 5.88 Å². The summed E-state index contributed by atoms with van der Waals surface area (Å²) < 4.78 is 25.0. The van der Waals surface area contributed by atoms with Gasteiger partial charge in [-0.05, 0) is 26.8 Å². The normalized spacial score (nSPS) is 22.3. The number of pyridine rings is 1. The number of nitrogens with two attached hydrogens (primary N) is 1. The number of likely N-dealkylation sites (tertiary alicyclic amines) is 1. The van der Waals surface area contributed by atoms with Crippen molar-refractivity contribution in [1.82, 2.24) is 9.88 Å². The van der Waals surface area contributed by atoms with Crippen molar-refractivity contribution >= 4 is 11.8 Å². The molecule has 0 spiro atoms. The van der Waals surface area contributed by atoms with Gasteiger partial charge in [0.25, 0.3) is 0 Å². The van der Waals surface area contributed by atoms with Gasteiger partial charge >= 0.3 is 6.09 Å². The van der Waals surface area contributed by atoms with Crippen LogP contribution in [0.15, 0.2) is 18.3 Å². The van der Waals surface area contributed by atoms with Crippen molar-refractivity contribution in [2.75, 3.05) is 18.8 Å². The Kier molecular flexibility index (Phi) is 4.73. The van der Waals surface area contributed by atoms with Crippen molar-refractivity contribution in [3.8, 4) is 5.88 Å². The molecule has 2 atom stereocenters. The van der Waals surface area contributed by atoms with Gasteiger partial charge in [-0.25, -0.2) is 14.2 Å². The SMILES string of the molecule is CC(C)(C)OC(=O)N1CCC(Oc2ccc(N)cn2)C(F)C1. The molecule has 6 nitrogen and oxygen atoms in total. The highest BCUT2D eigenvalue weighted by atomic mass is 19.1. The number of halogens is 1. The summed E-state index contributed by atoms with van der Waals surface area (Å²) in [6.45, 7) is 5.67. The fourth-order valence-electron chi connectivity index (χ4n) is 2.12. The molecule has 1 amide bonds. The second kappa shape index (κ2) is 6.37. The maximum absolute atomic E-state index is 14.2. The molecule has 7 heteroatoms. The van der Waals surface area contributed by atoms with E-state index in [4.69, 9.17) is 15.2 Å². The van der Waals surface area contributed by atoms with Gasteiger partial charge in [0, 0.05) is 19.0 Å². The number of carbonyl (C=O) groups excluding carboxylic acids is 1. The lowest BCUT2D eigenvalue weighted by molar-refractivity contribution is -0.0114. The molecular formula is C15H22FN3O3. The number of hydrogen-bond donors (Lipinski definition) is 1. The van der Waals surface area contributed by atoms with Crippen LogP contribution in [0.3, 0.4) is 0 Å². The van der Waals surface area contributed by atoms with E-state index in [0.717, 1.165) is 0 Å². The highest BCUT2D eigenvalue weighted by Gasteiger charge is 2.35. The zero-order valence-corrected chi connectivity index (χ0v) is 13.1. The number of alkyl halides is 1. The van der Waals surface area contributed by atoms with Crippen LogP contribution >= 0.6 is 0 Å². The lowest BCUT2D eigenvalue weighted by Crippen LogP contribution is -2.50. The third kappa shape index (κ3) is 4.47. The number of ether oxygens (including phenoxy) is 2. The average molecular weight is 311 g/mol. The molecule has 1 fully saturated rings. The molecule has 0 saturated carbocycles. The van der Waals surface area contributed by atoms with E-state index in [-0.39, 0.29) is 6.54 Å². The van der Waals surface area contributed by atoms with E-state index in [1.54, 1.807) is 32.9 Å². The van der Waals surface area contributed by atoms with E-state index in [1.807, 2.05) is 0 Å². The summed E-state index contributed by atoms with van der Waals surface area (Å²) in [5.41, 5.74) is 5.46. The van der Waals surface area contributed by atoms with Crippen LogP contribution in [0.5, 0.6) is 5.88 Å². The fraction of sp³-hybridized carbons (Fsp3) is 0.600. The van der Waals surface area contributed by atoms with Crippen LogP contribution in [0.4, 0.5) is 14.9 Å². The summed E-state index contributed by atoms with van der Waals surface area (Å²) in [4.78, 5) is 17.3. The second-order valence-electron chi connectivity index (χ2n) is 6.32. The van der Waals surface area contributed by atoms with E-state index < -0.39 is 24.0 Å². The third-order valence-electron chi connectivity index (χ3n) is 3.16. The van der Waals surface area contributed by atoms with E-state index in [0.29, 0.717) is 24.5 Å². The molecule has 0 aromatic carbocycles. The van der Waals surface area contributed by atoms with Crippen LogP contribution in [0.25, 0.3) is 0 Å². The number of hydrogen-bond acceptors (Lipinski definition) is 5. The Hall–Kier alpha value is -2.05. The van der Waals surface area contributed by atoms with Gasteiger partial charge in [0.1, 0.15) is 11.7 Å². The van der Waals surface area contributed by atoms with Crippen molar-refractivity contribution in [2.24, 2.45) is 0 Å². The Bertz CT molecular complexity index is 516. The molecule has 2 N–H and O–H groups in total. The summed E-state index contributed by atoms with van der Waals surface area (Å²) in [6.07, 6.45) is -0.583. The number of carbonyl (C=O) groups is 1. The first-order valence-corrected chi connectivity index (χ1v) is 7.25. The molecule has 1 saturated heterocycles. The van der Waals surface area contributed by atoms with E-state index >= 15 is 0 Å². The molecule has 2 rings (SSSR count). The van der Waals surface area contributed by atoms with Crippen molar-refractivity contribution in [3.05, 3.63) is 18.3 Å². The number of piperidine rings is 1. The summed E-state index contributed by atoms with van der Waals surface area (Å²) in [6, 6.07) is 3.24. The number of rotatable bonds is 2. The zero-order chi connectivity index (χ0) is 16.3. The number of anilines is 1. The van der Waals surface area contributed by atoms with Crippen LogP contribution in [-0.4, -0.2) is 46.9 Å². The van der Waals surface area contributed by atoms with Crippen LogP contribution in [0.2, 0.25) is 0 Å². The van der Waals surface area contributed by atoms with Gasteiger partial charge in [-0.3, -0.25) is 0 Å². The van der Waals surface area contributed by atoms with Gasteiger partial charge in [0.05, 0.1) is 18.4 Å². The molecule has 0 bridgehead atoms. The third-order valence-corrected chi connectivity index (χ3v) is 3.16. The quantitative estimate of drug-likeness (QED) is 0.907. The Labute approximate surface area is 129 Å². The van der Waals surface area contributed by atoms with Crippen LogP contribution in [0, 0.1) is 0 Å². The van der Waals surface area contributed by atoms with Gasteiger partial charge in [-0.2, -0.15) is 0 Å². The molecule has 0 aliphatic carbocycles. The Balaban J connectivity index is 1.90. The smallest absolute Gasteiger partial charge is 0.410 e. The molecule has 122 valence electrons. The molecule has 1 aromatic heterocycles. The van der Waals surface area contributed by atoms with Gasteiger partial charge in [-0.1, -0.05) is 0 Å². The number of aromatic nitrogens is 1. The highest BCUT2D eigenvalue weighted by molar-refractivity contribution is 5.68. The number of nitrogen functional groups attached to an aromatic ring is 1. The lowest BCUT2D eigenvalue weighted by Gasteiger charge is -2.35. The minimum atomic E-state index is -1.29. The molecular weight excluding hydrogens is 289 g/mol. The topological polar surface area (TPSA) is 77.7 Å². The largest absolute Gasteiger partial charge is 0.471 e. The average Bonchev–Trinajstić information content (AvgIpc) is 2.41. The Morgan fingerprint density at radius 1 is 1.45 bits per heavy atom. The van der Waals surface area contributed by atoms with E-state index in [9.17, 15) is 9.18 Å². The second-order valence-corrected chi connectivity index (χ2v) is 6.32. The first-order valence-electron chi connectivity index (χ1n) is 7.25. The Morgan fingerprint density at radius 2 is 2.18 bits per heavy atom. The summed E-state index contributed by atoms with van der Waals surface area (Å²) in [5, 5.41) is 0. The molecule has 1 aliphatic heterocycles. The van der Waals surface area contributed by atoms with Crippen LogP contribution < -0.4 is 10.5 Å². The van der Waals surface area contributed by atoms with Crippen molar-refractivity contribution in [1.29, 1.82) is 0 Å². The van der Waals surface area contributed by atoms with E-state index in [1.165, 1.54) is 11.1 Å². The number of nitrogens with zero attached hydrogens (tertiary/aromatic N) is 2. The van der Waals surface area contributed by atoms with Crippen LogP contribution in [0.1, 0.15) is 27.2 Å². The van der Waals surface area contributed by atoms with Gasteiger partial charge in [-0.15, -0.1) is 0 Å². The maximum atomic E-state index is 14.2. The lowest BCUT2D eigenvalue weighted by atomic mass is 10.1. The molecule has 2 heterocycles. The summed E-state index contributed by atoms with van der Waals surface area (Å²) in [5.74, 6) is 0.326. The fourth-order valence-corrected chi connectivity index (χ4v) is 2.12. The molecule has 2 unspecified atom stereocenters. The van der Waals surface area contributed by atoms with Crippen molar-refractivity contribution in [2.45, 2.75) is 45.1 Å². The number of amides is 1. The first kappa shape index (κ1) is 16.3. The zero-order valence-electron chi connectivity index (χ0n) is 13.1. The predicted molar refractivity (Wildman–Crippen MR) is 80.4 cm³/mol. The minimum Gasteiger partial charge on any atom is -0.471 e. The molecule has 1 aromatic rings. The minimum absolute atomic E-state index is 0.0471. The molecule has 22 heavy (non-hydrogen) atoms. The van der Waals surface area contributed by atoms with Gasteiger partial charge in [0.15, 0.2) is 6.17 Å². The summed E-state index contributed by atoms with van der Waals surface area (Å²) >= 11 is 0. The van der Waals surface area contributed by atoms with Crippen LogP contribution in [-0.2, 0) is 4.74 Å². The standard InChI is InChI=1S/C15H22FN3O3/c1-15(2,3)22-14(20)19-7-6-12(11(16)9-19)21-13-5-4-10(17)8-18-13/h4-5,8,11-12H,6-7,9,17H2,1-3H3. The maximum Gasteiger partial charge on any atom is 0.410 e. The van der Waals surface area contributed by atoms with Crippen molar-refractivity contribution in [3.63, 3.8) is 0 Å². The van der Waals surface area contributed by atoms with E-state index in [2.05, 4.69) is 4.98 Å². The molecule has 0 radical (unpaired) electrons. The first-order chi connectivity index (χ1) is 10.2. The van der Waals surface area contributed by atoms with Gasteiger partial charge < -0.3 is 20.1 Å². The monoisotopic (exact) mass is 311 g/mol. The Morgan fingerprint density at radius 3 is 2.73 bits per heavy atom. The summed E-state index contributed by atoms with van der Waals surface area (Å²) in [7, 11) is 0. The highest BCUT2D eigenvalue weighted by Crippen LogP contribution is 2.22. The van der Waals surface area contributed by atoms with Crippen molar-refractivity contribution < 1.29 is 18.7 Å². The molecule has 1 aliphatic rings.